The molecule has 0 aromatic heterocycles. The Balaban J connectivity index is 2.36. The Labute approximate surface area is 98.4 Å². The third-order valence-corrected chi connectivity index (χ3v) is 3.20. The van der Waals surface area contributed by atoms with Crippen LogP contribution in [0.3, 0.4) is 0 Å². The van der Waals surface area contributed by atoms with Crippen molar-refractivity contribution in [2.75, 3.05) is 6.61 Å². The zero-order chi connectivity index (χ0) is 11.8. The van der Waals surface area contributed by atoms with E-state index in [1.54, 1.807) is 6.92 Å². The number of hydrogen-bond acceptors (Lipinski definition) is 2. The molecule has 86 valence electrons. The summed E-state index contributed by atoms with van der Waals surface area (Å²) in [7, 11) is 0. The topological polar surface area (TPSA) is 26.3 Å². The monoisotopic (exact) mass is 242 g/mol. The lowest BCUT2D eigenvalue weighted by Crippen LogP contribution is -2.34. The molecule has 16 heavy (non-hydrogen) atoms. The summed E-state index contributed by atoms with van der Waals surface area (Å²) in [5, 5.41) is 0.267. The molecular weight excluding hydrogens is 231 g/mol. The maximum Gasteiger partial charge on any atom is 0.195 e. The summed E-state index contributed by atoms with van der Waals surface area (Å²) in [6.07, 6.45) is 1.49. The molecule has 1 aromatic carbocycles. The summed E-state index contributed by atoms with van der Waals surface area (Å²) in [4.78, 5) is 12.2. The van der Waals surface area contributed by atoms with Gasteiger partial charge in [-0.3, -0.25) is 4.79 Å². The molecule has 2 rings (SSSR count). The van der Waals surface area contributed by atoms with Crippen molar-refractivity contribution in [1.82, 2.24) is 0 Å². The van der Waals surface area contributed by atoms with Gasteiger partial charge in [0, 0.05) is 12.2 Å². The fourth-order valence-electron chi connectivity index (χ4n) is 1.91. The summed E-state index contributed by atoms with van der Waals surface area (Å²) in [5.41, 5.74) is -0.650. The molecule has 0 radical (unpaired) electrons. The third-order valence-electron chi connectivity index (χ3n) is 2.87. The molecule has 1 fully saturated rings. The number of hydrogen-bond donors (Lipinski definition) is 0. The lowest BCUT2D eigenvalue weighted by atomic mass is 9.92. The maximum absolute atomic E-state index is 13.1. The summed E-state index contributed by atoms with van der Waals surface area (Å²) in [6, 6.07) is 3.79. The Morgan fingerprint density at radius 2 is 2.31 bits per heavy atom. The van der Waals surface area contributed by atoms with Gasteiger partial charge in [-0.05, 0) is 38.0 Å². The Bertz CT molecular complexity index is 425. The second kappa shape index (κ2) is 4.15. The van der Waals surface area contributed by atoms with Crippen LogP contribution in [-0.4, -0.2) is 18.0 Å². The van der Waals surface area contributed by atoms with E-state index in [0.717, 1.165) is 12.5 Å². The van der Waals surface area contributed by atoms with Crippen LogP contribution >= 0.6 is 11.6 Å². The van der Waals surface area contributed by atoms with Crippen LogP contribution in [0, 0.1) is 5.82 Å². The highest BCUT2D eigenvalue weighted by atomic mass is 35.5. The van der Waals surface area contributed by atoms with Crippen LogP contribution in [-0.2, 0) is 4.74 Å². The molecule has 2 nitrogen and oxygen atoms in total. The van der Waals surface area contributed by atoms with E-state index in [2.05, 4.69) is 0 Å². The quantitative estimate of drug-likeness (QED) is 0.745. The Hall–Kier alpha value is -0.930. The van der Waals surface area contributed by atoms with Gasteiger partial charge in [0.1, 0.15) is 11.4 Å². The first-order valence-corrected chi connectivity index (χ1v) is 5.54. The smallest absolute Gasteiger partial charge is 0.195 e. The molecule has 0 N–H and O–H groups in total. The molecule has 0 aliphatic carbocycles. The van der Waals surface area contributed by atoms with E-state index in [1.807, 2.05) is 0 Å². The average Bonchev–Trinajstić information content (AvgIpc) is 2.69. The van der Waals surface area contributed by atoms with Crippen LogP contribution in [0.4, 0.5) is 4.39 Å². The number of Topliss-reactive ketones (excluding diaryl/α,β-unsaturated/α-hetero) is 1. The Morgan fingerprint density at radius 3 is 2.94 bits per heavy atom. The first-order valence-electron chi connectivity index (χ1n) is 5.17. The van der Waals surface area contributed by atoms with Crippen molar-refractivity contribution in [3.8, 4) is 0 Å². The molecule has 1 aliphatic rings. The van der Waals surface area contributed by atoms with E-state index in [-0.39, 0.29) is 16.4 Å². The van der Waals surface area contributed by atoms with Crippen LogP contribution in [0.5, 0.6) is 0 Å². The zero-order valence-electron chi connectivity index (χ0n) is 8.93. The van der Waals surface area contributed by atoms with Crippen LogP contribution in [0.15, 0.2) is 18.2 Å². The van der Waals surface area contributed by atoms with Gasteiger partial charge in [-0.25, -0.2) is 4.39 Å². The SMILES string of the molecule is CC1(C(=O)c2cc(F)ccc2Cl)CCCO1. The molecular formula is C12H12ClFO2. The van der Waals surface area contributed by atoms with Crippen LogP contribution < -0.4 is 0 Å². The molecule has 1 heterocycles. The van der Waals surface area contributed by atoms with Gasteiger partial charge >= 0.3 is 0 Å². The maximum atomic E-state index is 13.1. The summed E-state index contributed by atoms with van der Waals surface area (Å²) in [6.45, 7) is 2.29. The summed E-state index contributed by atoms with van der Waals surface area (Å²) < 4.78 is 18.5. The number of halogens is 2. The van der Waals surface area contributed by atoms with Gasteiger partial charge in [-0.15, -0.1) is 0 Å². The normalized spacial score (nSPS) is 24.7. The van der Waals surface area contributed by atoms with Crippen molar-refractivity contribution in [3.05, 3.63) is 34.6 Å². The zero-order valence-corrected chi connectivity index (χ0v) is 9.68. The van der Waals surface area contributed by atoms with Crippen molar-refractivity contribution < 1.29 is 13.9 Å². The van der Waals surface area contributed by atoms with E-state index in [0.29, 0.717) is 13.0 Å². The van der Waals surface area contributed by atoms with Gasteiger partial charge in [0.25, 0.3) is 0 Å². The largest absolute Gasteiger partial charge is 0.367 e. The van der Waals surface area contributed by atoms with E-state index in [4.69, 9.17) is 16.3 Å². The van der Waals surface area contributed by atoms with Crippen LogP contribution in [0.1, 0.15) is 30.1 Å². The van der Waals surface area contributed by atoms with Gasteiger partial charge in [0.05, 0.1) is 5.02 Å². The number of carbonyl (C=O) groups excluding carboxylic acids is 1. The van der Waals surface area contributed by atoms with E-state index < -0.39 is 11.4 Å². The highest BCUT2D eigenvalue weighted by molar-refractivity contribution is 6.34. The predicted octanol–water partition coefficient (Wildman–Crippen LogP) is 3.23. The molecule has 1 aliphatic heterocycles. The van der Waals surface area contributed by atoms with Crippen molar-refractivity contribution in [1.29, 1.82) is 0 Å². The lowest BCUT2D eigenvalue weighted by molar-refractivity contribution is 0.0213. The molecule has 0 amide bonds. The number of carbonyl (C=O) groups is 1. The minimum atomic E-state index is -0.850. The second-order valence-electron chi connectivity index (χ2n) is 4.14. The lowest BCUT2D eigenvalue weighted by Gasteiger charge is -2.21. The minimum absolute atomic E-state index is 0.200. The molecule has 1 saturated heterocycles. The fourth-order valence-corrected chi connectivity index (χ4v) is 2.12. The fraction of sp³-hybridized carbons (Fsp3) is 0.417. The van der Waals surface area contributed by atoms with Crippen molar-refractivity contribution in [3.63, 3.8) is 0 Å². The molecule has 1 aromatic rings. The van der Waals surface area contributed by atoms with Gasteiger partial charge in [0.2, 0.25) is 0 Å². The van der Waals surface area contributed by atoms with Gasteiger partial charge < -0.3 is 4.74 Å². The first-order chi connectivity index (χ1) is 7.53. The molecule has 1 unspecified atom stereocenters. The van der Waals surface area contributed by atoms with Crippen molar-refractivity contribution >= 4 is 17.4 Å². The Kier molecular flexibility index (Phi) is 3.00. The molecule has 0 saturated carbocycles. The average molecular weight is 243 g/mol. The highest BCUT2D eigenvalue weighted by Gasteiger charge is 2.39. The molecule has 1 atom stereocenters. The van der Waals surface area contributed by atoms with Crippen molar-refractivity contribution in [2.24, 2.45) is 0 Å². The third kappa shape index (κ3) is 1.97. The summed E-state index contributed by atoms with van der Waals surface area (Å²) >= 11 is 5.89. The summed E-state index contributed by atoms with van der Waals surface area (Å²) in [5.74, 6) is -0.705. The Morgan fingerprint density at radius 1 is 1.56 bits per heavy atom. The van der Waals surface area contributed by atoms with E-state index in [1.165, 1.54) is 12.1 Å². The predicted molar refractivity (Wildman–Crippen MR) is 59.3 cm³/mol. The molecule has 4 heteroatoms. The van der Waals surface area contributed by atoms with E-state index in [9.17, 15) is 9.18 Å². The second-order valence-corrected chi connectivity index (χ2v) is 4.54. The standard InChI is InChI=1S/C12H12ClFO2/c1-12(5-2-6-16-12)11(15)9-7-8(14)3-4-10(9)13/h3-4,7H,2,5-6H2,1H3. The molecule has 0 bridgehead atoms. The number of ketones is 1. The minimum Gasteiger partial charge on any atom is -0.367 e. The van der Waals surface area contributed by atoms with Crippen LogP contribution in [0.2, 0.25) is 5.02 Å². The van der Waals surface area contributed by atoms with Gasteiger partial charge in [0.15, 0.2) is 5.78 Å². The van der Waals surface area contributed by atoms with Gasteiger partial charge in [-0.1, -0.05) is 11.6 Å². The van der Waals surface area contributed by atoms with Gasteiger partial charge in [-0.2, -0.15) is 0 Å². The number of ether oxygens (including phenoxy) is 1. The number of rotatable bonds is 2. The van der Waals surface area contributed by atoms with Crippen LogP contribution in [0.25, 0.3) is 0 Å². The molecule has 0 spiro atoms. The number of benzene rings is 1. The highest BCUT2D eigenvalue weighted by Crippen LogP contribution is 2.31. The van der Waals surface area contributed by atoms with E-state index >= 15 is 0 Å². The first kappa shape index (κ1) is 11.6. The van der Waals surface area contributed by atoms with Crippen molar-refractivity contribution in [2.45, 2.75) is 25.4 Å².